The summed E-state index contributed by atoms with van der Waals surface area (Å²) in [6.45, 7) is 0.645. The van der Waals surface area contributed by atoms with Crippen molar-refractivity contribution in [1.29, 1.82) is 0 Å². The molecule has 1 aromatic carbocycles. The Morgan fingerprint density at radius 2 is 2.33 bits per heavy atom. The van der Waals surface area contributed by atoms with Gasteiger partial charge in [0.2, 0.25) is 0 Å². The largest absolute Gasteiger partial charge is 0.364 e. The highest BCUT2D eigenvalue weighted by atomic mass is 32.2. The van der Waals surface area contributed by atoms with Crippen LogP contribution < -0.4 is 4.90 Å². The number of hydrogen-bond donors (Lipinski definition) is 0. The molecule has 0 atom stereocenters. The van der Waals surface area contributed by atoms with E-state index >= 15 is 0 Å². The van der Waals surface area contributed by atoms with Crippen molar-refractivity contribution in [2.75, 3.05) is 31.5 Å². The maximum Gasteiger partial charge on any atom is 0.118 e. The fourth-order valence-electron chi connectivity index (χ4n) is 1.85. The molecule has 0 bridgehead atoms. The Hall–Kier alpha value is -0.670. The summed E-state index contributed by atoms with van der Waals surface area (Å²) < 4.78 is 5.12. The molecule has 2 nitrogen and oxygen atoms in total. The third-order valence-corrected chi connectivity index (χ3v) is 3.86. The first-order valence-electron chi connectivity index (χ1n) is 5.27. The van der Waals surface area contributed by atoms with Crippen molar-refractivity contribution in [3.8, 4) is 0 Å². The first kappa shape index (κ1) is 10.8. The van der Waals surface area contributed by atoms with Crippen LogP contribution in [-0.4, -0.2) is 26.6 Å². The van der Waals surface area contributed by atoms with E-state index in [2.05, 4.69) is 30.1 Å². The summed E-state index contributed by atoms with van der Waals surface area (Å²) in [5, 5.41) is 0. The van der Waals surface area contributed by atoms with Crippen molar-refractivity contribution < 1.29 is 4.74 Å². The number of ether oxygens (including phenoxy) is 1. The van der Waals surface area contributed by atoms with Gasteiger partial charge in [-0.15, -0.1) is 11.8 Å². The molecule has 0 saturated heterocycles. The van der Waals surface area contributed by atoms with Crippen LogP contribution in [0.1, 0.15) is 12.0 Å². The van der Waals surface area contributed by atoms with Gasteiger partial charge in [0.05, 0.1) is 0 Å². The molecule has 3 heteroatoms. The number of benzene rings is 1. The molecule has 0 spiro atoms. The fraction of sp³-hybridized carbons (Fsp3) is 0.500. The topological polar surface area (TPSA) is 12.5 Å². The van der Waals surface area contributed by atoms with E-state index in [9.17, 15) is 0 Å². The van der Waals surface area contributed by atoms with E-state index in [-0.39, 0.29) is 0 Å². The predicted molar refractivity (Wildman–Crippen MR) is 65.8 cm³/mol. The summed E-state index contributed by atoms with van der Waals surface area (Å²) in [5.74, 6) is 1.26. The number of thioether (sulfide) groups is 1. The van der Waals surface area contributed by atoms with Gasteiger partial charge in [-0.2, -0.15) is 0 Å². The Balaban J connectivity index is 2.20. The number of aryl methyl sites for hydroxylation is 1. The second-order valence-electron chi connectivity index (χ2n) is 3.86. The van der Waals surface area contributed by atoms with E-state index in [0.717, 1.165) is 0 Å². The van der Waals surface area contributed by atoms with E-state index in [1.54, 1.807) is 7.11 Å². The van der Waals surface area contributed by atoms with Crippen LogP contribution in [0.4, 0.5) is 5.69 Å². The summed E-state index contributed by atoms with van der Waals surface area (Å²) in [7, 11) is 3.78. The molecular weight excluding hydrogens is 206 g/mol. The monoisotopic (exact) mass is 223 g/mol. The maximum absolute atomic E-state index is 5.12. The maximum atomic E-state index is 5.12. The lowest BCUT2D eigenvalue weighted by molar-refractivity contribution is 0.202. The third-order valence-electron chi connectivity index (χ3n) is 2.66. The van der Waals surface area contributed by atoms with Gasteiger partial charge in [0, 0.05) is 24.7 Å². The van der Waals surface area contributed by atoms with Crippen LogP contribution in [0.3, 0.4) is 0 Å². The van der Waals surface area contributed by atoms with Gasteiger partial charge in [0.1, 0.15) is 6.73 Å². The first-order chi connectivity index (χ1) is 7.31. The molecule has 0 unspecified atom stereocenters. The Kier molecular flexibility index (Phi) is 3.54. The molecule has 0 fully saturated rings. The van der Waals surface area contributed by atoms with Gasteiger partial charge >= 0.3 is 0 Å². The average Bonchev–Trinajstić information content (AvgIpc) is 2.29. The molecule has 2 rings (SSSR count). The van der Waals surface area contributed by atoms with Crippen molar-refractivity contribution in [3.63, 3.8) is 0 Å². The third kappa shape index (κ3) is 2.47. The van der Waals surface area contributed by atoms with Crippen molar-refractivity contribution in [2.45, 2.75) is 17.7 Å². The van der Waals surface area contributed by atoms with Crippen molar-refractivity contribution in [2.24, 2.45) is 0 Å². The highest BCUT2D eigenvalue weighted by Gasteiger charge is 2.11. The molecule has 0 N–H and O–H groups in total. The number of fused-ring (bicyclic) bond motifs is 1. The molecule has 0 radical (unpaired) electrons. The molecule has 15 heavy (non-hydrogen) atoms. The SMILES string of the molecule is COCN(C)c1ccc2c(c1)CCCS2. The van der Waals surface area contributed by atoms with Gasteiger partial charge in [0.25, 0.3) is 0 Å². The average molecular weight is 223 g/mol. The molecule has 0 amide bonds. The number of anilines is 1. The highest BCUT2D eigenvalue weighted by Crippen LogP contribution is 2.32. The summed E-state index contributed by atoms with van der Waals surface area (Å²) in [6, 6.07) is 6.71. The van der Waals surface area contributed by atoms with Crippen LogP contribution in [0.5, 0.6) is 0 Å². The van der Waals surface area contributed by atoms with E-state index in [1.165, 1.54) is 34.7 Å². The Labute approximate surface area is 95.6 Å². The molecule has 0 saturated carbocycles. The minimum absolute atomic E-state index is 0.645. The van der Waals surface area contributed by atoms with Crippen LogP contribution in [0.2, 0.25) is 0 Å². The van der Waals surface area contributed by atoms with Gasteiger partial charge in [-0.05, 0) is 42.4 Å². The second kappa shape index (κ2) is 4.90. The van der Waals surface area contributed by atoms with Gasteiger partial charge < -0.3 is 9.64 Å². The van der Waals surface area contributed by atoms with Gasteiger partial charge in [0.15, 0.2) is 0 Å². The standard InChI is InChI=1S/C12H17NOS/c1-13(9-14-2)11-5-6-12-10(8-11)4-3-7-15-12/h5-6,8H,3-4,7,9H2,1-2H3. The lowest BCUT2D eigenvalue weighted by Gasteiger charge is -2.21. The molecule has 1 aliphatic heterocycles. The lowest BCUT2D eigenvalue weighted by Crippen LogP contribution is -2.20. The smallest absolute Gasteiger partial charge is 0.118 e. The summed E-state index contributed by atoms with van der Waals surface area (Å²) >= 11 is 1.97. The van der Waals surface area contributed by atoms with Crippen LogP contribution in [0.15, 0.2) is 23.1 Å². The summed E-state index contributed by atoms with van der Waals surface area (Å²) in [6.07, 6.45) is 2.52. The number of methoxy groups -OCH3 is 1. The van der Waals surface area contributed by atoms with Crippen LogP contribution in [0, 0.1) is 0 Å². The quantitative estimate of drug-likeness (QED) is 0.731. The zero-order valence-electron chi connectivity index (χ0n) is 9.32. The number of hydrogen-bond acceptors (Lipinski definition) is 3. The van der Waals surface area contributed by atoms with Crippen LogP contribution >= 0.6 is 11.8 Å². The van der Waals surface area contributed by atoms with Crippen molar-refractivity contribution >= 4 is 17.4 Å². The van der Waals surface area contributed by atoms with Gasteiger partial charge in [-0.1, -0.05) is 0 Å². The normalized spacial score (nSPS) is 14.8. The highest BCUT2D eigenvalue weighted by molar-refractivity contribution is 7.99. The first-order valence-corrected chi connectivity index (χ1v) is 6.25. The summed E-state index contributed by atoms with van der Waals surface area (Å²) in [5.41, 5.74) is 2.74. The number of rotatable bonds is 3. The minimum Gasteiger partial charge on any atom is -0.364 e. The Morgan fingerprint density at radius 3 is 3.13 bits per heavy atom. The van der Waals surface area contributed by atoms with E-state index in [4.69, 9.17) is 4.74 Å². The van der Waals surface area contributed by atoms with Crippen LogP contribution in [0.25, 0.3) is 0 Å². The van der Waals surface area contributed by atoms with E-state index in [0.29, 0.717) is 6.73 Å². The van der Waals surface area contributed by atoms with Gasteiger partial charge in [-0.25, -0.2) is 0 Å². The summed E-state index contributed by atoms with van der Waals surface area (Å²) in [4.78, 5) is 3.58. The molecular formula is C12H17NOS. The molecule has 82 valence electrons. The second-order valence-corrected chi connectivity index (χ2v) is 5.00. The van der Waals surface area contributed by atoms with Crippen LogP contribution in [-0.2, 0) is 11.2 Å². The Morgan fingerprint density at radius 1 is 1.47 bits per heavy atom. The van der Waals surface area contributed by atoms with Gasteiger partial charge in [-0.3, -0.25) is 0 Å². The molecule has 0 aromatic heterocycles. The number of nitrogens with zero attached hydrogens (tertiary/aromatic N) is 1. The molecule has 1 aliphatic rings. The van der Waals surface area contributed by atoms with E-state index < -0.39 is 0 Å². The lowest BCUT2D eigenvalue weighted by atomic mass is 10.1. The fourth-order valence-corrected chi connectivity index (χ4v) is 2.87. The molecule has 1 heterocycles. The molecule has 1 aromatic rings. The predicted octanol–water partition coefficient (Wildman–Crippen LogP) is 2.77. The molecule has 0 aliphatic carbocycles. The minimum atomic E-state index is 0.645. The Bertz CT molecular complexity index is 340. The van der Waals surface area contributed by atoms with Crippen molar-refractivity contribution in [3.05, 3.63) is 23.8 Å². The zero-order chi connectivity index (χ0) is 10.7. The van der Waals surface area contributed by atoms with Crippen molar-refractivity contribution in [1.82, 2.24) is 0 Å². The van der Waals surface area contributed by atoms with E-state index in [1.807, 2.05) is 11.8 Å². The zero-order valence-corrected chi connectivity index (χ0v) is 10.1.